The van der Waals surface area contributed by atoms with E-state index >= 15 is 0 Å². The van der Waals surface area contributed by atoms with Crippen molar-refractivity contribution in [2.75, 3.05) is 13.1 Å². The third-order valence-corrected chi connectivity index (χ3v) is 4.94. The Kier molecular flexibility index (Phi) is 8.39. The molecule has 4 N–H and O–H groups in total. The van der Waals surface area contributed by atoms with Crippen molar-refractivity contribution >= 4 is 24.2 Å². The molecule has 1 atom stereocenters. The molecule has 0 unspecified atom stereocenters. The van der Waals surface area contributed by atoms with Crippen LogP contribution in [0.25, 0.3) is 0 Å². The normalized spacial score (nSPS) is 16.3. The zero-order valence-corrected chi connectivity index (χ0v) is 15.9. The Labute approximate surface area is 156 Å². The minimum atomic E-state index is -0.575. The van der Waals surface area contributed by atoms with Crippen molar-refractivity contribution in [1.29, 1.82) is 0 Å². The van der Waals surface area contributed by atoms with Crippen LogP contribution in [0.1, 0.15) is 38.7 Å². The van der Waals surface area contributed by atoms with Crippen molar-refractivity contribution < 1.29 is 9.59 Å². The van der Waals surface area contributed by atoms with E-state index in [1.54, 1.807) is 0 Å². The second-order valence-electron chi connectivity index (χ2n) is 7.28. The summed E-state index contributed by atoms with van der Waals surface area (Å²) in [6.45, 7) is 4.41. The minimum Gasteiger partial charge on any atom is -0.354 e. The van der Waals surface area contributed by atoms with E-state index in [0.29, 0.717) is 6.54 Å². The van der Waals surface area contributed by atoms with E-state index in [1.165, 1.54) is 12.0 Å². The van der Waals surface area contributed by atoms with Crippen LogP contribution in [-0.2, 0) is 16.0 Å². The number of benzene rings is 1. The van der Waals surface area contributed by atoms with Crippen LogP contribution >= 0.6 is 12.4 Å². The molecule has 1 saturated carbocycles. The SMILES string of the molecule is CC(C)[C@H](N)C(=O)NCC(=O)NCC1(Cc2ccccc2)CCC1.Cl. The van der Waals surface area contributed by atoms with Gasteiger partial charge in [0.2, 0.25) is 11.8 Å². The van der Waals surface area contributed by atoms with Crippen LogP contribution in [0, 0.1) is 11.3 Å². The molecule has 5 nitrogen and oxygen atoms in total. The monoisotopic (exact) mass is 367 g/mol. The maximum atomic E-state index is 12.0. The van der Waals surface area contributed by atoms with Crippen molar-refractivity contribution in [2.24, 2.45) is 17.1 Å². The molecule has 0 spiro atoms. The standard InChI is InChI=1S/C19H29N3O2.ClH/c1-14(2)17(20)18(24)21-12-16(23)22-13-19(9-6-10-19)11-15-7-4-3-5-8-15;/h3-5,7-8,14,17H,6,9-13,20H2,1-2H3,(H,21,24)(H,22,23);1H/t17-;/m0./s1. The quantitative estimate of drug-likeness (QED) is 0.657. The van der Waals surface area contributed by atoms with Crippen LogP contribution in [0.4, 0.5) is 0 Å². The number of amides is 2. The molecule has 6 heteroatoms. The molecule has 1 aliphatic carbocycles. The number of halogens is 1. The topological polar surface area (TPSA) is 84.2 Å². The number of carbonyl (C=O) groups excluding carboxylic acids is 2. The summed E-state index contributed by atoms with van der Waals surface area (Å²) >= 11 is 0. The maximum absolute atomic E-state index is 12.0. The van der Waals surface area contributed by atoms with E-state index in [2.05, 4.69) is 22.8 Å². The fourth-order valence-corrected chi connectivity index (χ4v) is 3.06. The molecule has 140 valence electrons. The number of nitrogens with one attached hydrogen (secondary N) is 2. The van der Waals surface area contributed by atoms with Gasteiger partial charge in [0.05, 0.1) is 12.6 Å². The van der Waals surface area contributed by atoms with Crippen LogP contribution in [0.5, 0.6) is 0 Å². The molecule has 1 aromatic carbocycles. The van der Waals surface area contributed by atoms with Gasteiger partial charge >= 0.3 is 0 Å². The number of carbonyl (C=O) groups is 2. The summed E-state index contributed by atoms with van der Waals surface area (Å²) in [6.07, 6.45) is 4.46. The molecule has 0 heterocycles. The Bertz CT molecular complexity index is 559. The first-order valence-corrected chi connectivity index (χ1v) is 8.76. The smallest absolute Gasteiger partial charge is 0.239 e. The Morgan fingerprint density at radius 3 is 2.32 bits per heavy atom. The van der Waals surface area contributed by atoms with E-state index in [-0.39, 0.29) is 42.1 Å². The largest absolute Gasteiger partial charge is 0.354 e. The van der Waals surface area contributed by atoms with Gasteiger partial charge in [-0.15, -0.1) is 12.4 Å². The van der Waals surface area contributed by atoms with Crippen molar-refractivity contribution in [3.05, 3.63) is 35.9 Å². The Morgan fingerprint density at radius 1 is 1.16 bits per heavy atom. The Balaban J connectivity index is 0.00000312. The highest BCUT2D eigenvalue weighted by Crippen LogP contribution is 2.43. The summed E-state index contributed by atoms with van der Waals surface area (Å²) in [5.74, 6) is -0.376. The van der Waals surface area contributed by atoms with Gasteiger partial charge < -0.3 is 16.4 Å². The van der Waals surface area contributed by atoms with Gasteiger partial charge in [0, 0.05) is 6.54 Å². The zero-order chi connectivity index (χ0) is 17.6. The van der Waals surface area contributed by atoms with Crippen molar-refractivity contribution in [1.82, 2.24) is 10.6 Å². The molecule has 1 aliphatic rings. The van der Waals surface area contributed by atoms with Gasteiger partial charge in [0.15, 0.2) is 0 Å². The summed E-state index contributed by atoms with van der Waals surface area (Å²) in [5, 5.41) is 5.58. The molecule has 0 radical (unpaired) electrons. The van der Waals surface area contributed by atoms with Gasteiger partial charge in [0.25, 0.3) is 0 Å². The summed E-state index contributed by atoms with van der Waals surface area (Å²) < 4.78 is 0. The Morgan fingerprint density at radius 2 is 1.80 bits per heavy atom. The number of hydrogen-bond acceptors (Lipinski definition) is 3. The van der Waals surface area contributed by atoms with Crippen LogP contribution in [0.15, 0.2) is 30.3 Å². The second-order valence-corrected chi connectivity index (χ2v) is 7.28. The van der Waals surface area contributed by atoms with Gasteiger partial charge in [-0.3, -0.25) is 9.59 Å². The summed E-state index contributed by atoms with van der Waals surface area (Å²) in [6, 6.07) is 9.81. The lowest BCUT2D eigenvalue weighted by molar-refractivity contribution is -0.127. The molecule has 2 rings (SSSR count). The first kappa shape index (κ1) is 21.5. The lowest BCUT2D eigenvalue weighted by atomic mass is 9.65. The van der Waals surface area contributed by atoms with Crippen molar-refractivity contribution in [2.45, 2.75) is 45.6 Å². The minimum absolute atomic E-state index is 0. The summed E-state index contributed by atoms with van der Waals surface area (Å²) in [7, 11) is 0. The van der Waals surface area contributed by atoms with Crippen LogP contribution in [0.2, 0.25) is 0 Å². The highest BCUT2D eigenvalue weighted by Gasteiger charge is 2.37. The number of nitrogens with two attached hydrogens (primary N) is 1. The predicted molar refractivity (Wildman–Crippen MR) is 103 cm³/mol. The van der Waals surface area contributed by atoms with Crippen LogP contribution < -0.4 is 16.4 Å². The molecule has 2 amide bonds. The van der Waals surface area contributed by atoms with Gasteiger partial charge in [-0.05, 0) is 36.2 Å². The molecular weight excluding hydrogens is 338 g/mol. The molecule has 0 bridgehead atoms. The van der Waals surface area contributed by atoms with Gasteiger partial charge in [-0.2, -0.15) is 0 Å². The van der Waals surface area contributed by atoms with Crippen LogP contribution in [-0.4, -0.2) is 30.9 Å². The third kappa shape index (κ3) is 6.33. The first-order valence-electron chi connectivity index (χ1n) is 8.76. The van der Waals surface area contributed by atoms with Gasteiger partial charge in [-0.1, -0.05) is 50.6 Å². The first-order chi connectivity index (χ1) is 11.4. The van der Waals surface area contributed by atoms with Crippen LogP contribution in [0.3, 0.4) is 0 Å². The van der Waals surface area contributed by atoms with E-state index in [4.69, 9.17) is 5.73 Å². The number of hydrogen-bond donors (Lipinski definition) is 3. The predicted octanol–water partition coefficient (Wildman–Crippen LogP) is 2.04. The zero-order valence-electron chi connectivity index (χ0n) is 15.1. The second kappa shape index (κ2) is 9.78. The molecular formula is C19H30ClN3O2. The average molecular weight is 368 g/mol. The number of rotatable bonds is 8. The van der Waals surface area contributed by atoms with Crippen molar-refractivity contribution in [3.63, 3.8) is 0 Å². The third-order valence-electron chi connectivity index (χ3n) is 4.94. The molecule has 25 heavy (non-hydrogen) atoms. The molecule has 0 saturated heterocycles. The average Bonchev–Trinajstić information content (AvgIpc) is 2.55. The fraction of sp³-hybridized carbons (Fsp3) is 0.579. The lowest BCUT2D eigenvalue weighted by Gasteiger charge is -2.42. The summed E-state index contributed by atoms with van der Waals surface area (Å²) in [4.78, 5) is 23.8. The van der Waals surface area contributed by atoms with E-state index in [9.17, 15) is 9.59 Å². The van der Waals surface area contributed by atoms with Crippen molar-refractivity contribution in [3.8, 4) is 0 Å². The summed E-state index contributed by atoms with van der Waals surface area (Å²) in [5.41, 5.74) is 7.23. The maximum Gasteiger partial charge on any atom is 0.239 e. The Hall–Kier alpha value is -1.59. The lowest BCUT2D eigenvalue weighted by Crippen LogP contribution is -2.49. The van der Waals surface area contributed by atoms with Gasteiger partial charge in [0.1, 0.15) is 0 Å². The highest BCUT2D eigenvalue weighted by atomic mass is 35.5. The van der Waals surface area contributed by atoms with Gasteiger partial charge in [-0.25, -0.2) is 0 Å². The highest BCUT2D eigenvalue weighted by molar-refractivity contribution is 5.87. The van der Waals surface area contributed by atoms with E-state index in [1.807, 2.05) is 32.0 Å². The van der Waals surface area contributed by atoms with E-state index < -0.39 is 6.04 Å². The molecule has 0 aliphatic heterocycles. The fourth-order valence-electron chi connectivity index (χ4n) is 3.06. The van der Waals surface area contributed by atoms with E-state index in [0.717, 1.165) is 19.3 Å². The molecule has 0 aromatic heterocycles. The molecule has 1 aromatic rings. The molecule has 1 fully saturated rings.